The van der Waals surface area contributed by atoms with Gasteiger partial charge in [-0.1, -0.05) is 41.7 Å². The van der Waals surface area contributed by atoms with Crippen LogP contribution in [0.25, 0.3) is 10.2 Å². The van der Waals surface area contributed by atoms with Gasteiger partial charge in [-0.3, -0.25) is 10.1 Å². The number of hydrogen-bond acceptors (Lipinski definition) is 6. The first kappa shape index (κ1) is 23.9. The number of fused-ring (bicyclic) bond motifs is 1. The van der Waals surface area contributed by atoms with Crippen LogP contribution < -0.4 is 10.1 Å². The van der Waals surface area contributed by atoms with Crippen molar-refractivity contribution in [3.8, 4) is 5.75 Å². The summed E-state index contributed by atoms with van der Waals surface area (Å²) in [6, 6.07) is 20.7. The molecule has 0 aliphatic carbocycles. The molecule has 0 aliphatic heterocycles. The number of carbonyl (C=O) groups is 1. The number of nitrogens with one attached hydrogen (secondary N) is 1. The third-order valence-corrected chi connectivity index (χ3v) is 8.27. The predicted molar refractivity (Wildman–Crippen MR) is 135 cm³/mol. The molecule has 0 fully saturated rings. The molecule has 1 N–H and O–H groups in total. The summed E-state index contributed by atoms with van der Waals surface area (Å²) in [5.41, 5.74) is 2.01. The second-order valence-electron chi connectivity index (χ2n) is 7.96. The minimum Gasteiger partial charge on any atom is -0.497 e. The van der Waals surface area contributed by atoms with Crippen LogP contribution in [0.15, 0.2) is 77.7 Å². The van der Waals surface area contributed by atoms with Gasteiger partial charge in [0.25, 0.3) is 5.91 Å². The molecule has 4 rings (SSSR count). The second-order valence-corrected chi connectivity index (χ2v) is 10.9. The molecule has 0 aliphatic rings. The maximum atomic E-state index is 13.3. The van der Waals surface area contributed by atoms with Crippen molar-refractivity contribution in [3.05, 3.63) is 83.9 Å². The van der Waals surface area contributed by atoms with Gasteiger partial charge in [-0.15, -0.1) is 0 Å². The fourth-order valence-electron chi connectivity index (χ4n) is 3.48. The van der Waals surface area contributed by atoms with Gasteiger partial charge in [0.15, 0.2) is 5.13 Å². The standard InChI is InChI=1S/C25H25N3O4S2/c1-17(2)28(16-18-7-5-4-6-8-18)34(30,31)21-12-9-19(10-13-21)24(29)27-25-26-22-14-11-20(32-3)15-23(22)33-25/h4-15,17H,16H2,1-3H3,(H,26,27,29). The molecular formula is C25H25N3O4S2. The van der Waals surface area contributed by atoms with Crippen molar-refractivity contribution in [1.82, 2.24) is 9.29 Å². The maximum Gasteiger partial charge on any atom is 0.257 e. The van der Waals surface area contributed by atoms with Gasteiger partial charge in [0.2, 0.25) is 10.0 Å². The largest absolute Gasteiger partial charge is 0.497 e. The first-order chi connectivity index (χ1) is 16.3. The molecule has 0 saturated carbocycles. The van der Waals surface area contributed by atoms with Crippen molar-refractivity contribution in [2.24, 2.45) is 0 Å². The van der Waals surface area contributed by atoms with Crippen LogP contribution in [0.4, 0.5) is 5.13 Å². The number of anilines is 1. The highest BCUT2D eigenvalue weighted by Crippen LogP contribution is 2.29. The topological polar surface area (TPSA) is 88.6 Å². The summed E-state index contributed by atoms with van der Waals surface area (Å²) >= 11 is 1.34. The van der Waals surface area contributed by atoms with Crippen LogP contribution in [0.2, 0.25) is 0 Å². The van der Waals surface area contributed by atoms with E-state index < -0.39 is 10.0 Å². The Morgan fingerprint density at radius 3 is 2.41 bits per heavy atom. The van der Waals surface area contributed by atoms with Crippen molar-refractivity contribution in [2.75, 3.05) is 12.4 Å². The molecular weight excluding hydrogens is 470 g/mol. The summed E-state index contributed by atoms with van der Waals surface area (Å²) in [4.78, 5) is 17.3. The molecule has 4 aromatic rings. The van der Waals surface area contributed by atoms with E-state index in [4.69, 9.17) is 4.74 Å². The van der Waals surface area contributed by atoms with Gasteiger partial charge in [0, 0.05) is 18.2 Å². The number of carbonyl (C=O) groups excluding carboxylic acids is 1. The van der Waals surface area contributed by atoms with Gasteiger partial charge in [-0.05, 0) is 61.9 Å². The van der Waals surface area contributed by atoms with E-state index in [0.29, 0.717) is 16.4 Å². The number of hydrogen-bond donors (Lipinski definition) is 1. The Labute approximate surface area is 203 Å². The van der Waals surface area contributed by atoms with Crippen LogP contribution in [0.1, 0.15) is 29.8 Å². The summed E-state index contributed by atoms with van der Waals surface area (Å²) < 4.78 is 34.2. The van der Waals surface area contributed by atoms with Gasteiger partial charge in [0.05, 0.1) is 22.2 Å². The maximum absolute atomic E-state index is 13.3. The summed E-state index contributed by atoms with van der Waals surface area (Å²) in [6.07, 6.45) is 0. The fourth-order valence-corrected chi connectivity index (χ4v) is 5.99. The Balaban J connectivity index is 1.51. The average Bonchev–Trinajstić information content (AvgIpc) is 3.24. The zero-order valence-electron chi connectivity index (χ0n) is 19.1. The van der Waals surface area contributed by atoms with E-state index >= 15 is 0 Å². The van der Waals surface area contributed by atoms with E-state index in [9.17, 15) is 13.2 Å². The number of thiazole rings is 1. The van der Waals surface area contributed by atoms with Crippen molar-refractivity contribution >= 4 is 42.6 Å². The summed E-state index contributed by atoms with van der Waals surface area (Å²) in [7, 11) is -2.15. The number of rotatable bonds is 8. The van der Waals surface area contributed by atoms with Gasteiger partial charge in [-0.2, -0.15) is 4.31 Å². The van der Waals surface area contributed by atoms with Crippen LogP contribution in [0.5, 0.6) is 5.75 Å². The smallest absolute Gasteiger partial charge is 0.257 e. The molecule has 1 aromatic heterocycles. The van der Waals surface area contributed by atoms with Crippen LogP contribution in [-0.4, -0.2) is 36.8 Å². The highest BCUT2D eigenvalue weighted by atomic mass is 32.2. The number of ether oxygens (including phenoxy) is 1. The lowest BCUT2D eigenvalue weighted by molar-refractivity contribution is 0.102. The monoisotopic (exact) mass is 495 g/mol. The molecule has 0 atom stereocenters. The van der Waals surface area contributed by atoms with E-state index in [-0.39, 0.29) is 23.4 Å². The number of methoxy groups -OCH3 is 1. The van der Waals surface area contributed by atoms with Crippen LogP contribution in [0, 0.1) is 0 Å². The number of nitrogens with zero attached hydrogens (tertiary/aromatic N) is 2. The molecule has 176 valence electrons. The molecule has 0 saturated heterocycles. The lowest BCUT2D eigenvalue weighted by Gasteiger charge is -2.26. The minimum absolute atomic E-state index is 0.140. The molecule has 1 amide bonds. The lowest BCUT2D eigenvalue weighted by atomic mass is 10.2. The summed E-state index contributed by atoms with van der Waals surface area (Å²) in [5, 5.41) is 3.24. The zero-order chi connectivity index (χ0) is 24.3. The van der Waals surface area contributed by atoms with Crippen molar-refractivity contribution in [2.45, 2.75) is 31.3 Å². The Hall–Kier alpha value is -3.27. The molecule has 3 aromatic carbocycles. The van der Waals surface area contributed by atoms with Gasteiger partial charge in [-0.25, -0.2) is 13.4 Å². The molecule has 0 radical (unpaired) electrons. The predicted octanol–water partition coefficient (Wildman–Crippen LogP) is 5.16. The second kappa shape index (κ2) is 9.92. The number of benzene rings is 3. The Morgan fingerprint density at radius 1 is 1.06 bits per heavy atom. The van der Waals surface area contributed by atoms with E-state index in [2.05, 4.69) is 10.3 Å². The number of sulfonamides is 1. The van der Waals surface area contributed by atoms with E-state index in [0.717, 1.165) is 15.8 Å². The zero-order valence-corrected chi connectivity index (χ0v) is 20.7. The van der Waals surface area contributed by atoms with Crippen molar-refractivity contribution < 1.29 is 17.9 Å². The van der Waals surface area contributed by atoms with Gasteiger partial charge >= 0.3 is 0 Å². The summed E-state index contributed by atoms with van der Waals surface area (Å²) in [5.74, 6) is 0.355. The quantitative estimate of drug-likeness (QED) is 0.365. The number of aromatic nitrogens is 1. The van der Waals surface area contributed by atoms with Gasteiger partial charge < -0.3 is 4.74 Å². The minimum atomic E-state index is -3.74. The number of amides is 1. The first-order valence-corrected chi connectivity index (χ1v) is 13.0. The highest BCUT2D eigenvalue weighted by Gasteiger charge is 2.27. The normalized spacial score (nSPS) is 11.8. The highest BCUT2D eigenvalue weighted by molar-refractivity contribution is 7.89. The van der Waals surface area contributed by atoms with Crippen LogP contribution in [0.3, 0.4) is 0 Å². The van der Waals surface area contributed by atoms with E-state index in [1.54, 1.807) is 7.11 Å². The molecule has 9 heteroatoms. The van der Waals surface area contributed by atoms with Crippen LogP contribution >= 0.6 is 11.3 Å². The third kappa shape index (κ3) is 5.11. The Kier molecular flexibility index (Phi) is 6.97. The molecule has 0 bridgehead atoms. The molecule has 34 heavy (non-hydrogen) atoms. The molecule has 7 nitrogen and oxygen atoms in total. The fraction of sp³-hybridized carbons (Fsp3) is 0.200. The lowest BCUT2D eigenvalue weighted by Crippen LogP contribution is -2.36. The molecule has 0 spiro atoms. The average molecular weight is 496 g/mol. The Morgan fingerprint density at radius 2 is 1.76 bits per heavy atom. The Bertz CT molecular complexity index is 1400. The summed E-state index contributed by atoms with van der Waals surface area (Å²) in [6.45, 7) is 3.96. The molecule has 1 heterocycles. The van der Waals surface area contributed by atoms with Crippen LogP contribution in [-0.2, 0) is 16.6 Å². The van der Waals surface area contributed by atoms with Crippen molar-refractivity contribution in [1.29, 1.82) is 0 Å². The first-order valence-electron chi connectivity index (χ1n) is 10.7. The van der Waals surface area contributed by atoms with Crippen molar-refractivity contribution in [3.63, 3.8) is 0 Å². The third-order valence-electron chi connectivity index (χ3n) is 5.30. The van der Waals surface area contributed by atoms with E-state index in [1.165, 1.54) is 39.9 Å². The van der Waals surface area contributed by atoms with Gasteiger partial charge in [0.1, 0.15) is 5.75 Å². The van der Waals surface area contributed by atoms with E-state index in [1.807, 2.05) is 62.4 Å². The molecule has 0 unspecified atom stereocenters. The SMILES string of the molecule is COc1ccc2nc(NC(=O)c3ccc(S(=O)(=O)N(Cc4ccccc4)C(C)C)cc3)sc2c1.